The van der Waals surface area contributed by atoms with Gasteiger partial charge in [0, 0.05) is 13.1 Å². The largest absolute Gasteiger partial charge is 0.379 e. The fourth-order valence-corrected chi connectivity index (χ4v) is 1.51. The SMILES string of the molecule is C#CCn1nnnc1CN1CCOCC1. The van der Waals surface area contributed by atoms with E-state index in [1.807, 2.05) is 0 Å². The van der Waals surface area contributed by atoms with E-state index < -0.39 is 0 Å². The summed E-state index contributed by atoms with van der Waals surface area (Å²) in [6.07, 6.45) is 5.22. The lowest BCUT2D eigenvalue weighted by atomic mass is 10.4. The third kappa shape index (κ3) is 2.52. The molecule has 0 radical (unpaired) electrons. The van der Waals surface area contributed by atoms with Crippen LogP contribution in [0.3, 0.4) is 0 Å². The maximum Gasteiger partial charge on any atom is 0.166 e. The Morgan fingerprint density at radius 2 is 2.20 bits per heavy atom. The van der Waals surface area contributed by atoms with E-state index in [9.17, 15) is 0 Å². The van der Waals surface area contributed by atoms with Gasteiger partial charge in [0.1, 0.15) is 6.54 Å². The van der Waals surface area contributed by atoms with E-state index in [4.69, 9.17) is 11.2 Å². The summed E-state index contributed by atoms with van der Waals surface area (Å²) in [4.78, 5) is 2.25. The van der Waals surface area contributed by atoms with Crippen LogP contribution in [0.4, 0.5) is 0 Å². The zero-order valence-electron chi connectivity index (χ0n) is 8.46. The molecule has 0 amide bonds. The van der Waals surface area contributed by atoms with Gasteiger partial charge in [0.25, 0.3) is 0 Å². The highest BCUT2D eigenvalue weighted by atomic mass is 16.5. The van der Waals surface area contributed by atoms with Crippen molar-refractivity contribution in [1.29, 1.82) is 0 Å². The van der Waals surface area contributed by atoms with Gasteiger partial charge in [0.05, 0.1) is 19.8 Å². The number of ether oxygens (including phenoxy) is 1. The van der Waals surface area contributed by atoms with E-state index >= 15 is 0 Å². The summed E-state index contributed by atoms with van der Waals surface area (Å²) in [5.41, 5.74) is 0. The van der Waals surface area contributed by atoms with Crippen LogP contribution in [-0.2, 0) is 17.8 Å². The molecule has 1 fully saturated rings. The standard InChI is InChI=1S/C9H13N5O/c1-2-3-14-9(10-11-12-14)8-13-4-6-15-7-5-13/h1H,3-8H2. The topological polar surface area (TPSA) is 56.1 Å². The minimum absolute atomic E-state index is 0.423. The first-order chi connectivity index (χ1) is 7.40. The molecule has 0 spiro atoms. The quantitative estimate of drug-likeness (QED) is 0.604. The average Bonchev–Trinajstić information content (AvgIpc) is 2.68. The average molecular weight is 207 g/mol. The highest BCUT2D eigenvalue weighted by Crippen LogP contribution is 2.03. The monoisotopic (exact) mass is 207 g/mol. The lowest BCUT2D eigenvalue weighted by molar-refractivity contribution is 0.0325. The Morgan fingerprint density at radius 3 is 2.93 bits per heavy atom. The van der Waals surface area contributed by atoms with Gasteiger partial charge < -0.3 is 4.74 Å². The number of morpholine rings is 1. The maximum absolute atomic E-state index is 5.26. The number of hydrogen-bond donors (Lipinski definition) is 0. The Labute approximate surface area is 88.2 Å². The van der Waals surface area contributed by atoms with Crippen molar-refractivity contribution in [2.75, 3.05) is 26.3 Å². The molecule has 0 saturated carbocycles. The number of aromatic nitrogens is 4. The fraction of sp³-hybridized carbons (Fsp3) is 0.667. The van der Waals surface area contributed by atoms with Crippen molar-refractivity contribution >= 4 is 0 Å². The van der Waals surface area contributed by atoms with Crippen molar-refractivity contribution in [3.8, 4) is 12.3 Å². The molecule has 1 aliphatic rings. The molecule has 0 aromatic carbocycles. The second kappa shape index (κ2) is 4.87. The van der Waals surface area contributed by atoms with Crippen molar-refractivity contribution in [3.63, 3.8) is 0 Å². The molecule has 6 heteroatoms. The molecule has 0 atom stereocenters. The van der Waals surface area contributed by atoms with Gasteiger partial charge in [-0.05, 0) is 10.4 Å². The summed E-state index contributed by atoms with van der Waals surface area (Å²) in [7, 11) is 0. The zero-order valence-corrected chi connectivity index (χ0v) is 8.46. The first-order valence-electron chi connectivity index (χ1n) is 4.89. The minimum Gasteiger partial charge on any atom is -0.379 e. The van der Waals surface area contributed by atoms with Crippen LogP contribution >= 0.6 is 0 Å². The molecule has 1 aromatic rings. The van der Waals surface area contributed by atoms with Crippen molar-refractivity contribution in [2.45, 2.75) is 13.1 Å². The molecule has 2 heterocycles. The van der Waals surface area contributed by atoms with E-state index in [2.05, 4.69) is 26.3 Å². The summed E-state index contributed by atoms with van der Waals surface area (Å²) < 4.78 is 6.91. The molecule has 0 aliphatic carbocycles. The van der Waals surface area contributed by atoms with Crippen LogP contribution in [0.15, 0.2) is 0 Å². The molecule has 15 heavy (non-hydrogen) atoms. The second-order valence-electron chi connectivity index (χ2n) is 3.35. The molecule has 2 rings (SSSR count). The van der Waals surface area contributed by atoms with Gasteiger partial charge in [0.15, 0.2) is 5.82 Å². The normalized spacial score (nSPS) is 17.5. The zero-order chi connectivity index (χ0) is 10.5. The van der Waals surface area contributed by atoms with Crippen molar-refractivity contribution in [3.05, 3.63) is 5.82 Å². The lowest BCUT2D eigenvalue weighted by Gasteiger charge is -2.25. The number of terminal acetylenes is 1. The van der Waals surface area contributed by atoms with Gasteiger partial charge in [0.2, 0.25) is 0 Å². The van der Waals surface area contributed by atoms with Crippen LogP contribution in [-0.4, -0.2) is 51.4 Å². The van der Waals surface area contributed by atoms with E-state index in [1.165, 1.54) is 0 Å². The molecule has 1 aliphatic heterocycles. The highest BCUT2D eigenvalue weighted by molar-refractivity contribution is 4.89. The highest BCUT2D eigenvalue weighted by Gasteiger charge is 2.14. The van der Waals surface area contributed by atoms with E-state index in [0.717, 1.165) is 38.7 Å². The molecule has 6 nitrogen and oxygen atoms in total. The Kier molecular flexibility index (Phi) is 3.27. The van der Waals surface area contributed by atoms with Gasteiger partial charge in [-0.2, -0.15) is 0 Å². The third-order valence-electron chi connectivity index (χ3n) is 2.32. The first kappa shape index (κ1) is 10.1. The lowest BCUT2D eigenvalue weighted by Crippen LogP contribution is -2.36. The van der Waals surface area contributed by atoms with Crippen molar-refractivity contribution < 1.29 is 4.74 Å². The predicted molar refractivity (Wildman–Crippen MR) is 52.7 cm³/mol. The van der Waals surface area contributed by atoms with Crippen LogP contribution in [0.1, 0.15) is 5.82 Å². The van der Waals surface area contributed by atoms with Crippen LogP contribution in [0.2, 0.25) is 0 Å². The van der Waals surface area contributed by atoms with Gasteiger partial charge in [-0.3, -0.25) is 4.90 Å². The maximum atomic E-state index is 5.26. The first-order valence-corrected chi connectivity index (χ1v) is 4.89. The summed E-state index contributed by atoms with van der Waals surface area (Å²) >= 11 is 0. The Bertz CT molecular complexity index is 350. The van der Waals surface area contributed by atoms with Crippen molar-refractivity contribution in [1.82, 2.24) is 25.1 Å². The van der Waals surface area contributed by atoms with Crippen LogP contribution < -0.4 is 0 Å². The smallest absolute Gasteiger partial charge is 0.166 e. The van der Waals surface area contributed by atoms with Crippen LogP contribution in [0.25, 0.3) is 0 Å². The minimum atomic E-state index is 0.423. The summed E-state index contributed by atoms with van der Waals surface area (Å²) in [6.45, 7) is 4.55. The van der Waals surface area contributed by atoms with Gasteiger partial charge in [-0.25, -0.2) is 4.68 Å². The summed E-state index contributed by atoms with van der Waals surface area (Å²) in [5, 5.41) is 11.4. The molecule has 0 bridgehead atoms. The van der Waals surface area contributed by atoms with Gasteiger partial charge in [-0.15, -0.1) is 11.5 Å². The molecule has 1 aromatic heterocycles. The molecule has 0 unspecified atom stereocenters. The van der Waals surface area contributed by atoms with Crippen LogP contribution in [0, 0.1) is 12.3 Å². The van der Waals surface area contributed by atoms with Crippen molar-refractivity contribution in [2.24, 2.45) is 0 Å². The number of rotatable bonds is 3. The number of hydrogen-bond acceptors (Lipinski definition) is 5. The molecular weight excluding hydrogens is 194 g/mol. The second-order valence-corrected chi connectivity index (χ2v) is 3.35. The fourth-order valence-electron chi connectivity index (χ4n) is 1.51. The van der Waals surface area contributed by atoms with E-state index in [1.54, 1.807) is 4.68 Å². The number of nitrogens with zero attached hydrogens (tertiary/aromatic N) is 5. The Hall–Kier alpha value is -1.45. The molecular formula is C9H13N5O. The summed E-state index contributed by atoms with van der Waals surface area (Å²) in [6, 6.07) is 0. The van der Waals surface area contributed by atoms with E-state index in [-0.39, 0.29) is 0 Å². The van der Waals surface area contributed by atoms with E-state index in [0.29, 0.717) is 6.54 Å². The molecule has 1 saturated heterocycles. The van der Waals surface area contributed by atoms with Gasteiger partial charge in [-0.1, -0.05) is 5.92 Å². The summed E-state index contributed by atoms with van der Waals surface area (Å²) in [5.74, 6) is 3.34. The number of tetrazole rings is 1. The Balaban J connectivity index is 1.97. The third-order valence-corrected chi connectivity index (χ3v) is 2.32. The predicted octanol–water partition coefficient (Wildman–Crippen LogP) is -0.861. The molecule has 80 valence electrons. The van der Waals surface area contributed by atoms with Gasteiger partial charge >= 0.3 is 0 Å². The van der Waals surface area contributed by atoms with Crippen LogP contribution in [0.5, 0.6) is 0 Å². The molecule has 0 N–H and O–H groups in total. The Morgan fingerprint density at radius 1 is 1.40 bits per heavy atom.